The van der Waals surface area contributed by atoms with Crippen molar-refractivity contribution in [2.45, 2.75) is 19.3 Å². The Labute approximate surface area is 192 Å². The average molecular weight is 445 g/mol. The number of nitrogens with two attached hydrogens (primary N) is 1. The number of primary amides is 1. The predicted molar refractivity (Wildman–Crippen MR) is 129 cm³/mol. The van der Waals surface area contributed by atoms with Gasteiger partial charge in [0.1, 0.15) is 5.56 Å². The Hall–Kier alpha value is -3.71. The number of H-pyrrole nitrogens is 1. The second kappa shape index (κ2) is 10.3. The van der Waals surface area contributed by atoms with Crippen LogP contribution in [0.4, 0.5) is 5.69 Å². The van der Waals surface area contributed by atoms with Crippen LogP contribution in [0.15, 0.2) is 71.5 Å². The van der Waals surface area contributed by atoms with Crippen molar-refractivity contribution in [3.63, 3.8) is 0 Å². The lowest BCUT2D eigenvalue weighted by Gasteiger charge is -2.30. The second-order valence-electron chi connectivity index (χ2n) is 8.40. The van der Waals surface area contributed by atoms with Gasteiger partial charge in [-0.1, -0.05) is 42.5 Å². The van der Waals surface area contributed by atoms with Gasteiger partial charge in [-0.15, -0.1) is 0 Å². The van der Waals surface area contributed by atoms with Gasteiger partial charge in [-0.3, -0.25) is 14.4 Å². The van der Waals surface area contributed by atoms with E-state index in [4.69, 9.17) is 5.73 Å². The van der Waals surface area contributed by atoms with Crippen LogP contribution in [0, 0.1) is 5.92 Å². The van der Waals surface area contributed by atoms with Crippen LogP contribution in [-0.2, 0) is 11.2 Å². The fourth-order valence-electron chi connectivity index (χ4n) is 4.12. The van der Waals surface area contributed by atoms with E-state index >= 15 is 0 Å². The minimum absolute atomic E-state index is 0.00548. The third-order valence-electron chi connectivity index (χ3n) is 6.16. The summed E-state index contributed by atoms with van der Waals surface area (Å²) in [5, 5.41) is 2.79. The molecule has 1 aromatic heterocycles. The Balaban J connectivity index is 1.31. The van der Waals surface area contributed by atoms with Crippen molar-refractivity contribution in [1.29, 1.82) is 0 Å². The quantitative estimate of drug-likeness (QED) is 0.520. The molecule has 4 N–H and O–H groups in total. The summed E-state index contributed by atoms with van der Waals surface area (Å²) in [7, 11) is 0. The first-order valence-electron chi connectivity index (χ1n) is 11.2. The lowest BCUT2D eigenvalue weighted by molar-refractivity contribution is -0.123. The lowest BCUT2D eigenvalue weighted by atomic mass is 9.96. The third kappa shape index (κ3) is 5.75. The van der Waals surface area contributed by atoms with Gasteiger partial charge in [0.25, 0.3) is 11.5 Å². The number of pyridine rings is 1. The molecule has 2 amide bonds. The van der Waals surface area contributed by atoms with Gasteiger partial charge < -0.3 is 20.9 Å². The molecule has 7 nitrogen and oxygen atoms in total. The van der Waals surface area contributed by atoms with E-state index in [1.165, 1.54) is 0 Å². The molecule has 0 atom stereocenters. The highest BCUT2D eigenvalue weighted by Crippen LogP contribution is 2.18. The van der Waals surface area contributed by atoms with Gasteiger partial charge >= 0.3 is 0 Å². The molecule has 0 bridgehead atoms. The topological polar surface area (TPSA) is 108 Å². The molecule has 0 saturated carbocycles. The number of hydrogen-bond acceptors (Lipinski definition) is 4. The van der Waals surface area contributed by atoms with E-state index in [9.17, 15) is 14.4 Å². The molecule has 0 aliphatic carbocycles. The molecule has 0 unspecified atom stereocenters. The van der Waals surface area contributed by atoms with Crippen LogP contribution in [0.25, 0.3) is 11.3 Å². The largest absolute Gasteiger partial charge is 0.369 e. The van der Waals surface area contributed by atoms with Crippen LogP contribution < -0.4 is 16.6 Å². The number of piperidine rings is 1. The molecule has 0 radical (unpaired) electrons. The molecule has 0 spiro atoms. The number of likely N-dealkylation sites (tertiary alicyclic amines) is 1. The summed E-state index contributed by atoms with van der Waals surface area (Å²) in [5.41, 5.74) is 8.39. The maximum Gasteiger partial charge on any atom is 0.261 e. The van der Waals surface area contributed by atoms with Crippen LogP contribution in [0.3, 0.4) is 0 Å². The fourth-order valence-corrected chi connectivity index (χ4v) is 4.12. The van der Waals surface area contributed by atoms with Crippen molar-refractivity contribution >= 4 is 17.5 Å². The van der Waals surface area contributed by atoms with E-state index in [0.717, 1.165) is 50.0 Å². The number of carbonyl (C=O) groups excluding carboxylic acids is 2. The van der Waals surface area contributed by atoms with Gasteiger partial charge in [0.15, 0.2) is 0 Å². The van der Waals surface area contributed by atoms with E-state index in [1.54, 1.807) is 12.1 Å². The fraction of sp³-hybridized carbons (Fsp3) is 0.269. The summed E-state index contributed by atoms with van der Waals surface area (Å²) >= 11 is 0. The number of nitrogens with zero attached hydrogens (tertiary/aromatic N) is 1. The summed E-state index contributed by atoms with van der Waals surface area (Å²) in [6.07, 6.45) is 2.54. The number of carbonyl (C=O) groups is 2. The minimum Gasteiger partial charge on any atom is -0.369 e. The molecule has 4 rings (SSSR count). The Morgan fingerprint density at radius 3 is 2.30 bits per heavy atom. The number of hydrogen-bond donors (Lipinski definition) is 3. The SMILES string of the molecule is NC(=O)C1CCN(CCc2ccc(NC(=O)c3ccc(-c4ccccc4)[nH]c3=O)cc2)CC1. The van der Waals surface area contributed by atoms with Crippen LogP contribution in [0.2, 0.25) is 0 Å². The van der Waals surface area contributed by atoms with E-state index in [1.807, 2.05) is 54.6 Å². The Kier molecular flexibility index (Phi) is 7.00. The van der Waals surface area contributed by atoms with Gasteiger partial charge in [-0.05, 0) is 67.7 Å². The first kappa shape index (κ1) is 22.5. The van der Waals surface area contributed by atoms with Gasteiger partial charge in [0, 0.05) is 23.8 Å². The maximum absolute atomic E-state index is 12.6. The van der Waals surface area contributed by atoms with E-state index in [-0.39, 0.29) is 17.4 Å². The zero-order valence-corrected chi connectivity index (χ0v) is 18.4. The Bertz CT molecular complexity index is 1160. The van der Waals surface area contributed by atoms with Crippen molar-refractivity contribution < 1.29 is 9.59 Å². The molecular formula is C26H28N4O3. The number of amides is 2. The highest BCUT2D eigenvalue weighted by Gasteiger charge is 2.22. The molecule has 1 aliphatic rings. The highest BCUT2D eigenvalue weighted by molar-refractivity contribution is 6.04. The Morgan fingerprint density at radius 1 is 0.970 bits per heavy atom. The van der Waals surface area contributed by atoms with Crippen LogP contribution in [0.5, 0.6) is 0 Å². The molecule has 170 valence electrons. The highest BCUT2D eigenvalue weighted by atomic mass is 16.2. The lowest BCUT2D eigenvalue weighted by Crippen LogP contribution is -2.39. The smallest absolute Gasteiger partial charge is 0.261 e. The van der Waals surface area contributed by atoms with Crippen molar-refractivity contribution in [2.24, 2.45) is 11.7 Å². The van der Waals surface area contributed by atoms with Gasteiger partial charge in [-0.2, -0.15) is 0 Å². The van der Waals surface area contributed by atoms with Gasteiger partial charge in [-0.25, -0.2) is 0 Å². The first-order chi connectivity index (χ1) is 16.0. The zero-order chi connectivity index (χ0) is 23.2. The summed E-state index contributed by atoms with van der Waals surface area (Å²) < 4.78 is 0. The van der Waals surface area contributed by atoms with Crippen molar-refractivity contribution in [1.82, 2.24) is 9.88 Å². The molecule has 7 heteroatoms. The zero-order valence-electron chi connectivity index (χ0n) is 18.4. The van der Waals surface area contributed by atoms with E-state index in [2.05, 4.69) is 15.2 Å². The van der Waals surface area contributed by atoms with E-state index < -0.39 is 11.5 Å². The molecule has 1 saturated heterocycles. The third-order valence-corrected chi connectivity index (χ3v) is 6.16. The van der Waals surface area contributed by atoms with E-state index in [0.29, 0.717) is 11.4 Å². The normalized spacial score (nSPS) is 14.7. The van der Waals surface area contributed by atoms with Crippen LogP contribution in [0.1, 0.15) is 28.8 Å². The van der Waals surface area contributed by atoms with Gasteiger partial charge in [0.2, 0.25) is 5.91 Å². The van der Waals surface area contributed by atoms with Crippen molar-refractivity contribution in [2.75, 3.05) is 25.0 Å². The molecular weight excluding hydrogens is 416 g/mol. The van der Waals surface area contributed by atoms with Gasteiger partial charge in [0.05, 0.1) is 0 Å². The molecule has 3 aromatic rings. The first-order valence-corrected chi connectivity index (χ1v) is 11.2. The number of rotatable bonds is 7. The average Bonchev–Trinajstić information content (AvgIpc) is 2.84. The number of anilines is 1. The summed E-state index contributed by atoms with van der Waals surface area (Å²) in [6, 6.07) is 20.4. The molecule has 2 heterocycles. The minimum atomic E-state index is -0.444. The Morgan fingerprint density at radius 2 is 1.67 bits per heavy atom. The number of nitrogens with one attached hydrogen (secondary N) is 2. The van der Waals surface area contributed by atoms with Crippen molar-refractivity contribution in [3.05, 3.63) is 88.2 Å². The number of aromatic amines is 1. The molecule has 1 fully saturated rings. The maximum atomic E-state index is 12.6. The number of aromatic nitrogens is 1. The predicted octanol–water partition coefficient (Wildman–Crippen LogP) is 3.03. The summed E-state index contributed by atoms with van der Waals surface area (Å²) in [5.74, 6) is -0.631. The van der Waals surface area contributed by atoms with Crippen LogP contribution >= 0.6 is 0 Å². The van der Waals surface area contributed by atoms with Crippen molar-refractivity contribution in [3.8, 4) is 11.3 Å². The molecule has 1 aliphatic heterocycles. The molecule has 2 aromatic carbocycles. The molecule has 33 heavy (non-hydrogen) atoms. The van der Waals surface area contributed by atoms with Crippen LogP contribution in [-0.4, -0.2) is 41.3 Å². The second-order valence-corrected chi connectivity index (χ2v) is 8.40. The standard InChI is InChI=1S/C26H28N4O3/c27-24(31)20-13-16-30(17-14-20)15-12-18-6-8-21(9-7-18)28-25(32)22-10-11-23(29-26(22)33)19-4-2-1-3-5-19/h1-11,20H,12-17H2,(H2,27,31)(H,28,32)(H,29,33). The summed E-state index contributed by atoms with van der Waals surface area (Å²) in [6.45, 7) is 2.69. The summed E-state index contributed by atoms with van der Waals surface area (Å²) in [4.78, 5) is 41.5. The number of benzene rings is 2. The monoisotopic (exact) mass is 444 g/mol.